The molecule has 0 fully saturated rings. The van der Waals surface area contributed by atoms with Crippen molar-refractivity contribution < 1.29 is 4.74 Å². The van der Waals surface area contributed by atoms with Crippen molar-refractivity contribution in [2.45, 2.75) is 33.2 Å². The first-order valence-electron chi connectivity index (χ1n) is 5.32. The molecule has 1 rings (SSSR count). The van der Waals surface area contributed by atoms with Crippen molar-refractivity contribution in [2.24, 2.45) is 0 Å². The highest BCUT2D eigenvalue weighted by atomic mass is 16.5. The molecule has 84 valence electrons. The summed E-state index contributed by atoms with van der Waals surface area (Å²) in [6.07, 6.45) is 0. The number of aromatic nitrogens is 2. The van der Waals surface area contributed by atoms with E-state index in [1.807, 2.05) is 20.0 Å². The van der Waals surface area contributed by atoms with Gasteiger partial charge in [0, 0.05) is 18.5 Å². The predicted molar refractivity (Wildman–Crippen MR) is 60.1 cm³/mol. The summed E-state index contributed by atoms with van der Waals surface area (Å²) in [7, 11) is 1.90. The lowest BCUT2D eigenvalue weighted by molar-refractivity contribution is 0.323. The van der Waals surface area contributed by atoms with Gasteiger partial charge in [0.1, 0.15) is 5.82 Å². The summed E-state index contributed by atoms with van der Waals surface area (Å²) in [5.41, 5.74) is 0.972. The lowest BCUT2D eigenvalue weighted by Gasteiger charge is -2.09. The van der Waals surface area contributed by atoms with E-state index in [1.54, 1.807) is 0 Å². The van der Waals surface area contributed by atoms with Gasteiger partial charge in [-0.15, -0.1) is 0 Å². The van der Waals surface area contributed by atoms with Crippen LogP contribution >= 0.6 is 0 Å². The maximum absolute atomic E-state index is 5.40. The average Bonchev–Trinajstić information content (AvgIpc) is 2.18. The van der Waals surface area contributed by atoms with E-state index >= 15 is 0 Å². The third-order valence-corrected chi connectivity index (χ3v) is 1.94. The van der Waals surface area contributed by atoms with Crippen LogP contribution in [-0.4, -0.2) is 23.6 Å². The zero-order chi connectivity index (χ0) is 11.3. The van der Waals surface area contributed by atoms with E-state index in [9.17, 15) is 0 Å². The molecule has 1 aromatic rings. The van der Waals surface area contributed by atoms with Gasteiger partial charge in [0.05, 0.1) is 12.3 Å². The van der Waals surface area contributed by atoms with Crippen molar-refractivity contribution in [3.8, 4) is 5.88 Å². The molecule has 0 aliphatic rings. The summed E-state index contributed by atoms with van der Waals surface area (Å²) in [6, 6.07) is 1.88. The van der Waals surface area contributed by atoms with Gasteiger partial charge in [-0.1, -0.05) is 13.8 Å². The molecule has 0 atom stereocenters. The zero-order valence-electron chi connectivity index (χ0n) is 9.87. The van der Waals surface area contributed by atoms with Crippen molar-refractivity contribution in [1.82, 2.24) is 15.3 Å². The highest BCUT2D eigenvalue weighted by Crippen LogP contribution is 2.15. The molecule has 0 aromatic carbocycles. The molecule has 0 aliphatic heterocycles. The van der Waals surface area contributed by atoms with Crippen LogP contribution in [0.5, 0.6) is 5.88 Å². The van der Waals surface area contributed by atoms with E-state index in [4.69, 9.17) is 4.74 Å². The Morgan fingerprint density at radius 3 is 2.67 bits per heavy atom. The summed E-state index contributed by atoms with van der Waals surface area (Å²) >= 11 is 0. The van der Waals surface area contributed by atoms with Gasteiger partial charge >= 0.3 is 0 Å². The number of rotatable bonds is 5. The molecule has 15 heavy (non-hydrogen) atoms. The van der Waals surface area contributed by atoms with E-state index in [-0.39, 0.29) is 0 Å². The Hall–Kier alpha value is -1.16. The molecule has 0 saturated carbocycles. The quantitative estimate of drug-likeness (QED) is 0.802. The smallest absolute Gasteiger partial charge is 0.216 e. The summed E-state index contributed by atoms with van der Waals surface area (Å²) in [5.74, 6) is 1.83. The van der Waals surface area contributed by atoms with Gasteiger partial charge in [0.2, 0.25) is 5.88 Å². The average molecular weight is 209 g/mol. The van der Waals surface area contributed by atoms with E-state index in [0.29, 0.717) is 18.4 Å². The molecule has 0 aliphatic carbocycles. The lowest BCUT2D eigenvalue weighted by atomic mass is 10.2. The highest BCUT2D eigenvalue weighted by Gasteiger charge is 2.07. The van der Waals surface area contributed by atoms with Gasteiger partial charge in [-0.05, 0) is 14.0 Å². The number of hydrogen-bond acceptors (Lipinski definition) is 4. The first-order valence-corrected chi connectivity index (χ1v) is 5.32. The molecule has 0 unspecified atom stereocenters. The summed E-state index contributed by atoms with van der Waals surface area (Å²) in [4.78, 5) is 8.80. The third-order valence-electron chi connectivity index (χ3n) is 1.94. The summed E-state index contributed by atoms with van der Waals surface area (Å²) in [5, 5.41) is 3.07. The normalized spacial score (nSPS) is 10.7. The van der Waals surface area contributed by atoms with Gasteiger partial charge in [-0.3, -0.25) is 0 Å². The van der Waals surface area contributed by atoms with E-state index in [2.05, 4.69) is 29.1 Å². The third kappa shape index (κ3) is 3.47. The van der Waals surface area contributed by atoms with E-state index < -0.39 is 0 Å². The van der Waals surface area contributed by atoms with Crippen LogP contribution in [0, 0.1) is 0 Å². The minimum Gasteiger partial charge on any atom is -0.478 e. The maximum Gasteiger partial charge on any atom is 0.216 e. The first kappa shape index (κ1) is 11.9. The maximum atomic E-state index is 5.40. The molecule has 0 saturated heterocycles. The highest BCUT2D eigenvalue weighted by molar-refractivity contribution is 5.17. The summed E-state index contributed by atoms with van der Waals surface area (Å²) in [6.45, 7) is 7.48. The van der Waals surface area contributed by atoms with E-state index in [1.165, 1.54) is 0 Å². The van der Waals surface area contributed by atoms with Gasteiger partial charge in [-0.25, -0.2) is 4.98 Å². The molecule has 0 spiro atoms. The lowest BCUT2D eigenvalue weighted by Crippen LogP contribution is -2.11. The Kier molecular flexibility index (Phi) is 4.49. The Balaban J connectivity index is 2.97. The molecule has 1 N–H and O–H groups in total. The minimum atomic E-state index is 0.320. The number of nitrogens with one attached hydrogen (secondary N) is 1. The van der Waals surface area contributed by atoms with Crippen LogP contribution in [0.2, 0.25) is 0 Å². The van der Waals surface area contributed by atoms with Crippen LogP contribution in [0.3, 0.4) is 0 Å². The van der Waals surface area contributed by atoms with Crippen LogP contribution < -0.4 is 10.1 Å². The fraction of sp³-hybridized carbons (Fsp3) is 0.636. The van der Waals surface area contributed by atoms with Crippen LogP contribution in [0.1, 0.15) is 38.2 Å². The Morgan fingerprint density at radius 1 is 1.40 bits per heavy atom. The van der Waals surface area contributed by atoms with Crippen molar-refractivity contribution in [3.05, 3.63) is 17.6 Å². The first-order chi connectivity index (χ1) is 7.17. The fourth-order valence-corrected chi connectivity index (χ4v) is 1.24. The number of ether oxygens (including phenoxy) is 1. The number of nitrogens with zero attached hydrogens (tertiary/aromatic N) is 2. The van der Waals surface area contributed by atoms with Gasteiger partial charge in [-0.2, -0.15) is 4.98 Å². The van der Waals surface area contributed by atoms with Gasteiger partial charge < -0.3 is 10.1 Å². The monoisotopic (exact) mass is 209 g/mol. The predicted octanol–water partition coefficient (Wildman–Crippen LogP) is 1.72. The second-order valence-electron chi connectivity index (χ2n) is 3.67. The van der Waals surface area contributed by atoms with Crippen LogP contribution in [-0.2, 0) is 6.54 Å². The molecular formula is C11H19N3O. The minimum absolute atomic E-state index is 0.320. The van der Waals surface area contributed by atoms with Crippen LogP contribution in [0.15, 0.2) is 6.07 Å². The van der Waals surface area contributed by atoms with Gasteiger partial charge in [0.25, 0.3) is 0 Å². The zero-order valence-corrected chi connectivity index (χ0v) is 9.87. The fourth-order valence-electron chi connectivity index (χ4n) is 1.24. The van der Waals surface area contributed by atoms with Crippen LogP contribution in [0.4, 0.5) is 0 Å². The molecule has 0 bridgehead atoms. The largest absolute Gasteiger partial charge is 0.478 e. The van der Waals surface area contributed by atoms with Crippen molar-refractivity contribution in [3.63, 3.8) is 0 Å². The molecule has 4 nitrogen and oxygen atoms in total. The molecular weight excluding hydrogens is 190 g/mol. The molecule has 1 aromatic heterocycles. The Labute approximate surface area is 91.1 Å². The van der Waals surface area contributed by atoms with E-state index in [0.717, 1.165) is 18.1 Å². The second-order valence-corrected chi connectivity index (χ2v) is 3.67. The van der Waals surface area contributed by atoms with Crippen LogP contribution in [0.25, 0.3) is 0 Å². The van der Waals surface area contributed by atoms with Crippen molar-refractivity contribution in [2.75, 3.05) is 13.7 Å². The SMILES string of the molecule is CCOc1cc(CNC)nc(C(C)C)n1. The standard InChI is InChI=1S/C11H19N3O/c1-5-15-10-6-9(7-12-4)13-11(14-10)8(2)3/h6,8,12H,5,7H2,1-4H3. The second kappa shape index (κ2) is 5.66. The Morgan fingerprint density at radius 2 is 2.13 bits per heavy atom. The number of hydrogen-bond donors (Lipinski definition) is 1. The van der Waals surface area contributed by atoms with Crippen molar-refractivity contribution in [1.29, 1.82) is 0 Å². The summed E-state index contributed by atoms with van der Waals surface area (Å²) < 4.78 is 5.40. The van der Waals surface area contributed by atoms with Crippen molar-refractivity contribution >= 4 is 0 Å². The molecule has 0 radical (unpaired) electrons. The molecule has 4 heteroatoms. The topological polar surface area (TPSA) is 47.0 Å². The molecule has 0 amide bonds. The Bertz CT molecular complexity index is 288. The molecule has 1 heterocycles. The van der Waals surface area contributed by atoms with Gasteiger partial charge in [0.15, 0.2) is 0 Å².